The standard InChI is InChI=1S/C6H10ClN3O/c1-3-4(2)5(6(7)11)9-10-8/h4-5H,3H2,1-2H3/t4-,5-/m0/s1. The second-order valence-corrected chi connectivity index (χ2v) is 2.71. The van der Waals surface area contributed by atoms with Gasteiger partial charge in [-0.25, -0.2) is 0 Å². The van der Waals surface area contributed by atoms with Gasteiger partial charge in [-0.1, -0.05) is 25.4 Å². The highest BCUT2D eigenvalue weighted by molar-refractivity contribution is 6.64. The van der Waals surface area contributed by atoms with Crippen molar-refractivity contribution in [3.63, 3.8) is 0 Å². The summed E-state index contributed by atoms with van der Waals surface area (Å²) in [7, 11) is 0. The first-order valence-electron chi connectivity index (χ1n) is 3.37. The van der Waals surface area contributed by atoms with Gasteiger partial charge in [0.25, 0.3) is 0 Å². The van der Waals surface area contributed by atoms with Crippen molar-refractivity contribution in [2.75, 3.05) is 0 Å². The van der Waals surface area contributed by atoms with Crippen molar-refractivity contribution in [3.05, 3.63) is 10.4 Å². The monoisotopic (exact) mass is 175 g/mol. The van der Waals surface area contributed by atoms with Gasteiger partial charge in [-0.3, -0.25) is 4.79 Å². The largest absolute Gasteiger partial charge is 0.281 e. The highest BCUT2D eigenvalue weighted by atomic mass is 35.5. The molecule has 62 valence electrons. The van der Waals surface area contributed by atoms with E-state index in [1.54, 1.807) is 0 Å². The topological polar surface area (TPSA) is 65.8 Å². The van der Waals surface area contributed by atoms with Crippen LogP contribution in [0, 0.1) is 5.92 Å². The Bertz CT molecular complexity index is 186. The number of nitrogens with zero attached hydrogens (tertiary/aromatic N) is 3. The van der Waals surface area contributed by atoms with E-state index in [9.17, 15) is 4.79 Å². The predicted molar refractivity (Wildman–Crippen MR) is 43.2 cm³/mol. The number of hydrogen-bond acceptors (Lipinski definition) is 2. The smallest absolute Gasteiger partial charge is 0.230 e. The predicted octanol–water partition coefficient (Wildman–Crippen LogP) is 2.48. The number of hydrogen-bond donors (Lipinski definition) is 0. The van der Waals surface area contributed by atoms with Crippen LogP contribution in [0.3, 0.4) is 0 Å². The summed E-state index contributed by atoms with van der Waals surface area (Å²) >= 11 is 5.19. The first kappa shape index (κ1) is 10.3. The molecule has 0 aromatic carbocycles. The van der Waals surface area contributed by atoms with E-state index in [0.717, 1.165) is 6.42 Å². The van der Waals surface area contributed by atoms with E-state index in [1.807, 2.05) is 13.8 Å². The second-order valence-electron chi connectivity index (χ2n) is 2.34. The van der Waals surface area contributed by atoms with E-state index >= 15 is 0 Å². The molecule has 0 aromatic heterocycles. The molecule has 5 heteroatoms. The van der Waals surface area contributed by atoms with Crippen molar-refractivity contribution < 1.29 is 4.79 Å². The average Bonchev–Trinajstić information content (AvgIpc) is 1.98. The lowest BCUT2D eigenvalue weighted by Crippen LogP contribution is -2.20. The van der Waals surface area contributed by atoms with Gasteiger partial charge >= 0.3 is 0 Å². The van der Waals surface area contributed by atoms with Crippen LogP contribution in [0.2, 0.25) is 0 Å². The molecule has 0 aliphatic heterocycles. The van der Waals surface area contributed by atoms with Gasteiger partial charge in [0, 0.05) is 4.91 Å². The molecule has 0 bridgehead atoms. The quantitative estimate of drug-likeness (QED) is 0.280. The maximum atomic E-state index is 10.6. The van der Waals surface area contributed by atoms with Crippen LogP contribution < -0.4 is 0 Å². The summed E-state index contributed by atoms with van der Waals surface area (Å²) in [5.74, 6) is 0.0101. The van der Waals surface area contributed by atoms with E-state index in [1.165, 1.54) is 0 Å². The van der Waals surface area contributed by atoms with E-state index in [0.29, 0.717) is 0 Å². The first-order valence-corrected chi connectivity index (χ1v) is 3.74. The number of carbonyl (C=O) groups excluding carboxylic acids is 1. The average molecular weight is 176 g/mol. The molecule has 2 atom stereocenters. The lowest BCUT2D eigenvalue weighted by atomic mass is 10.0. The molecule has 0 rings (SSSR count). The maximum Gasteiger partial charge on any atom is 0.230 e. The van der Waals surface area contributed by atoms with Crippen LogP contribution in [0.25, 0.3) is 10.4 Å². The summed E-state index contributed by atoms with van der Waals surface area (Å²) in [6.07, 6.45) is 0.766. The number of rotatable bonds is 4. The molecule has 0 N–H and O–H groups in total. The summed E-state index contributed by atoms with van der Waals surface area (Å²) in [6, 6.07) is -0.716. The Morgan fingerprint density at radius 1 is 1.82 bits per heavy atom. The van der Waals surface area contributed by atoms with Crippen molar-refractivity contribution in [1.29, 1.82) is 0 Å². The Balaban J connectivity index is 4.32. The summed E-state index contributed by atoms with van der Waals surface area (Å²) in [6.45, 7) is 3.73. The number of carbonyl (C=O) groups is 1. The molecule has 0 amide bonds. The van der Waals surface area contributed by atoms with E-state index in [4.69, 9.17) is 17.1 Å². The normalized spacial score (nSPS) is 14.8. The highest BCUT2D eigenvalue weighted by Crippen LogP contribution is 2.14. The van der Waals surface area contributed by atoms with Crippen LogP contribution >= 0.6 is 11.6 Å². The zero-order valence-electron chi connectivity index (χ0n) is 6.49. The lowest BCUT2D eigenvalue weighted by Gasteiger charge is -2.11. The minimum Gasteiger partial charge on any atom is -0.281 e. The van der Waals surface area contributed by atoms with Gasteiger partial charge in [0.15, 0.2) is 0 Å². The van der Waals surface area contributed by atoms with Gasteiger partial charge in [0.05, 0.1) is 0 Å². The SMILES string of the molecule is CC[C@H](C)[C@H](N=[N+]=[N-])C(=O)Cl. The van der Waals surface area contributed by atoms with Crippen molar-refractivity contribution in [1.82, 2.24) is 0 Å². The molecule has 0 aliphatic carbocycles. The third-order valence-corrected chi connectivity index (χ3v) is 1.82. The Kier molecular flexibility index (Phi) is 4.66. The first-order chi connectivity index (χ1) is 5.13. The van der Waals surface area contributed by atoms with Gasteiger partial charge in [-0.15, -0.1) is 0 Å². The van der Waals surface area contributed by atoms with Crippen LogP contribution in [0.5, 0.6) is 0 Å². The zero-order chi connectivity index (χ0) is 8.85. The summed E-state index contributed by atoms with van der Waals surface area (Å²) in [5, 5.41) is 2.71. The van der Waals surface area contributed by atoms with Gasteiger partial charge in [0.2, 0.25) is 5.24 Å². The highest BCUT2D eigenvalue weighted by Gasteiger charge is 2.20. The molecule has 0 heterocycles. The minimum absolute atomic E-state index is 0.0101. The molecule has 0 aliphatic rings. The molecule has 0 unspecified atom stereocenters. The molecule has 11 heavy (non-hydrogen) atoms. The van der Waals surface area contributed by atoms with Crippen molar-refractivity contribution in [2.45, 2.75) is 26.3 Å². The molecule has 0 saturated carbocycles. The second kappa shape index (κ2) is 4.99. The number of halogens is 1. The Morgan fingerprint density at radius 2 is 2.36 bits per heavy atom. The molecule has 0 saturated heterocycles. The minimum atomic E-state index is -0.716. The molecule has 4 nitrogen and oxygen atoms in total. The fraction of sp³-hybridized carbons (Fsp3) is 0.833. The third kappa shape index (κ3) is 3.25. The molecule has 0 spiro atoms. The summed E-state index contributed by atoms with van der Waals surface area (Å²) < 4.78 is 0. The van der Waals surface area contributed by atoms with E-state index in [2.05, 4.69) is 10.0 Å². The fourth-order valence-electron chi connectivity index (χ4n) is 0.662. The van der Waals surface area contributed by atoms with Crippen molar-refractivity contribution in [3.8, 4) is 0 Å². The summed E-state index contributed by atoms with van der Waals surface area (Å²) in [4.78, 5) is 13.2. The van der Waals surface area contributed by atoms with Crippen LogP contribution in [-0.4, -0.2) is 11.3 Å². The van der Waals surface area contributed by atoms with Gasteiger partial charge in [-0.2, -0.15) is 0 Å². The van der Waals surface area contributed by atoms with Gasteiger partial charge in [0.1, 0.15) is 6.04 Å². The molecule has 0 aromatic rings. The van der Waals surface area contributed by atoms with Crippen LogP contribution in [-0.2, 0) is 4.79 Å². The summed E-state index contributed by atoms with van der Waals surface area (Å²) in [5.41, 5.74) is 8.08. The maximum absolute atomic E-state index is 10.6. The molecule has 0 fully saturated rings. The Morgan fingerprint density at radius 3 is 2.64 bits per heavy atom. The number of azide groups is 1. The van der Waals surface area contributed by atoms with E-state index in [-0.39, 0.29) is 5.92 Å². The molecular weight excluding hydrogens is 166 g/mol. The van der Waals surface area contributed by atoms with E-state index < -0.39 is 11.3 Å². The van der Waals surface area contributed by atoms with Gasteiger partial charge in [-0.05, 0) is 23.0 Å². The Labute approximate surface area is 70.2 Å². The Hall–Kier alpha value is -0.730. The fourth-order valence-corrected chi connectivity index (χ4v) is 0.921. The molecular formula is C6H10ClN3O. The third-order valence-electron chi connectivity index (χ3n) is 1.59. The van der Waals surface area contributed by atoms with Crippen LogP contribution in [0.4, 0.5) is 0 Å². The van der Waals surface area contributed by atoms with Crippen molar-refractivity contribution in [2.24, 2.45) is 11.0 Å². The van der Waals surface area contributed by atoms with Crippen LogP contribution in [0.1, 0.15) is 20.3 Å². The van der Waals surface area contributed by atoms with Crippen LogP contribution in [0.15, 0.2) is 5.11 Å². The van der Waals surface area contributed by atoms with Gasteiger partial charge < -0.3 is 0 Å². The lowest BCUT2D eigenvalue weighted by molar-refractivity contribution is -0.113. The van der Waals surface area contributed by atoms with Crippen molar-refractivity contribution >= 4 is 16.8 Å². The molecule has 0 radical (unpaired) electrons. The zero-order valence-corrected chi connectivity index (χ0v) is 7.25.